The van der Waals surface area contributed by atoms with Gasteiger partial charge in [0.25, 0.3) is 0 Å². The number of carboxylic acid groups (broad SMARTS) is 1. The fourth-order valence-electron chi connectivity index (χ4n) is 2.61. The SMILES string of the molecule is O=C(O)[C@H]1CCN(CC(=O)N2CCCCC2)C1. The monoisotopic (exact) mass is 240 g/mol. The molecule has 2 aliphatic rings. The van der Waals surface area contributed by atoms with Crippen molar-refractivity contribution < 1.29 is 14.7 Å². The number of nitrogens with zero attached hydrogens (tertiary/aromatic N) is 2. The Morgan fingerprint density at radius 2 is 1.82 bits per heavy atom. The van der Waals surface area contributed by atoms with E-state index < -0.39 is 5.97 Å². The average Bonchev–Trinajstić information content (AvgIpc) is 2.79. The van der Waals surface area contributed by atoms with Crippen molar-refractivity contribution >= 4 is 11.9 Å². The Balaban J connectivity index is 1.77. The van der Waals surface area contributed by atoms with E-state index in [1.807, 2.05) is 9.80 Å². The average molecular weight is 240 g/mol. The smallest absolute Gasteiger partial charge is 0.307 e. The molecule has 0 radical (unpaired) electrons. The third-order valence-electron chi connectivity index (χ3n) is 3.69. The van der Waals surface area contributed by atoms with E-state index >= 15 is 0 Å². The molecule has 0 aromatic rings. The Labute approximate surface area is 101 Å². The summed E-state index contributed by atoms with van der Waals surface area (Å²) in [5.41, 5.74) is 0. The molecule has 2 aliphatic heterocycles. The predicted molar refractivity (Wildman–Crippen MR) is 62.6 cm³/mol. The van der Waals surface area contributed by atoms with Gasteiger partial charge in [0.1, 0.15) is 0 Å². The molecule has 0 aliphatic carbocycles. The van der Waals surface area contributed by atoms with Gasteiger partial charge in [-0.05, 0) is 32.2 Å². The fourth-order valence-corrected chi connectivity index (χ4v) is 2.61. The van der Waals surface area contributed by atoms with Crippen LogP contribution < -0.4 is 0 Å². The van der Waals surface area contributed by atoms with Crippen molar-refractivity contribution in [2.24, 2.45) is 5.92 Å². The van der Waals surface area contributed by atoms with Crippen LogP contribution in [0, 0.1) is 5.92 Å². The van der Waals surface area contributed by atoms with Crippen LogP contribution in [0.25, 0.3) is 0 Å². The summed E-state index contributed by atoms with van der Waals surface area (Å²) in [6, 6.07) is 0. The van der Waals surface area contributed by atoms with Crippen LogP contribution in [0.15, 0.2) is 0 Å². The summed E-state index contributed by atoms with van der Waals surface area (Å²) in [5.74, 6) is -0.863. The molecule has 0 aromatic heterocycles. The van der Waals surface area contributed by atoms with Gasteiger partial charge in [-0.1, -0.05) is 0 Å². The van der Waals surface area contributed by atoms with Gasteiger partial charge in [0.15, 0.2) is 0 Å². The highest BCUT2D eigenvalue weighted by atomic mass is 16.4. The molecule has 1 atom stereocenters. The number of carbonyl (C=O) groups is 2. The Hall–Kier alpha value is -1.10. The van der Waals surface area contributed by atoms with Crippen molar-refractivity contribution in [3.63, 3.8) is 0 Å². The van der Waals surface area contributed by atoms with E-state index in [9.17, 15) is 9.59 Å². The van der Waals surface area contributed by atoms with Gasteiger partial charge >= 0.3 is 5.97 Å². The molecular formula is C12H20N2O3. The molecule has 2 heterocycles. The molecule has 0 unspecified atom stereocenters. The lowest BCUT2D eigenvalue weighted by Gasteiger charge is -2.28. The van der Waals surface area contributed by atoms with Crippen LogP contribution in [-0.4, -0.2) is 59.5 Å². The topological polar surface area (TPSA) is 60.9 Å². The van der Waals surface area contributed by atoms with E-state index in [4.69, 9.17) is 5.11 Å². The molecule has 2 saturated heterocycles. The summed E-state index contributed by atoms with van der Waals surface area (Å²) in [6.45, 7) is 3.39. The van der Waals surface area contributed by atoms with Crippen LogP contribution in [-0.2, 0) is 9.59 Å². The molecule has 2 rings (SSSR count). The van der Waals surface area contributed by atoms with E-state index in [0.717, 1.165) is 32.5 Å². The Bertz CT molecular complexity index is 300. The molecule has 17 heavy (non-hydrogen) atoms. The molecule has 1 N–H and O–H groups in total. The van der Waals surface area contributed by atoms with Gasteiger partial charge in [-0.2, -0.15) is 0 Å². The van der Waals surface area contributed by atoms with Gasteiger partial charge in [0.05, 0.1) is 12.5 Å². The fraction of sp³-hybridized carbons (Fsp3) is 0.833. The number of rotatable bonds is 3. The molecule has 0 spiro atoms. The van der Waals surface area contributed by atoms with E-state index in [-0.39, 0.29) is 11.8 Å². The second-order valence-electron chi connectivity index (χ2n) is 5.00. The van der Waals surface area contributed by atoms with Crippen LogP contribution in [0.1, 0.15) is 25.7 Å². The van der Waals surface area contributed by atoms with E-state index in [0.29, 0.717) is 19.5 Å². The zero-order chi connectivity index (χ0) is 12.3. The Kier molecular flexibility index (Phi) is 3.99. The highest BCUT2D eigenvalue weighted by Crippen LogP contribution is 2.17. The van der Waals surface area contributed by atoms with Crippen molar-refractivity contribution in [2.45, 2.75) is 25.7 Å². The lowest BCUT2D eigenvalue weighted by molar-refractivity contribution is -0.141. The van der Waals surface area contributed by atoms with Gasteiger partial charge in [-0.15, -0.1) is 0 Å². The number of aliphatic carboxylic acids is 1. The number of likely N-dealkylation sites (tertiary alicyclic amines) is 2. The molecule has 5 heteroatoms. The van der Waals surface area contributed by atoms with Crippen molar-refractivity contribution in [3.8, 4) is 0 Å². The minimum Gasteiger partial charge on any atom is -0.481 e. The second-order valence-corrected chi connectivity index (χ2v) is 5.00. The van der Waals surface area contributed by atoms with Crippen molar-refractivity contribution in [3.05, 3.63) is 0 Å². The number of piperidine rings is 1. The Morgan fingerprint density at radius 1 is 1.12 bits per heavy atom. The van der Waals surface area contributed by atoms with E-state index in [1.54, 1.807) is 0 Å². The summed E-state index contributed by atoms with van der Waals surface area (Å²) in [4.78, 5) is 26.7. The van der Waals surface area contributed by atoms with Crippen molar-refractivity contribution in [2.75, 3.05) is 32.7 Å². The lowest BCUT2D eigenvalue weighted by atomic mass is 10.1. The van der Waals surface area contributed by atoms with Crippen molar-refractivity contribution in [1.82, 2.24) is 9.80 Å². The van der Waals surface area contributed by atoms with Gasteiger partial charge in [-0.3, -0.25) is 14.5 Å². The van der Waals surface area contributed by atoms with Crippen LogP contribution in [0.5, 0.6) is 0 Å². The summed E-state index contributed by atoms with van der Waals surface area (Å²) >= 11 is 0. The maximum absolute atomic E-state index is 12.0. The molecular weight excluding hydrogens is 220 g/mol. The minimum absolute atomic E-state index is 0.163. The molecule has 0 saturated carbocycles. The zero-order valence-electron chi connectivity index (χ0n) is 10.1. The summed E-state index contributed by atoms with van der Waals surface area (Å²) in [7, 11) is 0. The third kappa shape index (κ3) is 3.19. The first-order valence-electron chi connectivity index (χ1n) is 6.40. The summed E-state index contributed by atoms with van der Waals surface area (Å²) in [5, 5.41) is 8.89. The van der Waals surface area contributed by atoms with Crippen molar-refractivity contribution in [1.29, 1.82) is 0 Å². The van der Waals surface area contributed by atoms with E-state index in [2.05, 4.69) is 0 Å². The minimum atomic E-state index is -0.738. The number of carbonyl (C=O) groups excluding carboxylic acids is 1. The first kappa shape index (κ1) is 12.4. The van der Waals surface area contributed by atoms with E-state index in [1.165, 1.54) is 6.42 Å². The number of hydrogen-bond donors (Lipinski definition) is 1. The van der Waals surface area contributed by atoms with Crippen LogP contribution in [0.4, 0.5) is 0 Å². The summed E-state index contributed by atoms with van der Waals surface area (Å²) in [6.07, 6.45) is 4.09. The number of hydrogen-bond acceptors (Lipinski definition) is 3. The predicted octanol–water partition coefficient (Wildman–Crippen LogP) is 0.405. The van der Waals surface area contributed by atoms with Gasteiger partial charge in [0, 0.05) is 19.6 Å². The summed E-state index contributed by atoms with van der Waals surface area (Å²) < 4.78 is 0. The second kappa shape index (κ2) is 5.49. The molecule has 2 fully saturated rings. The highest BCUT2D eigenvalue weighted by molar-refractivity contribution is 5.78. The van der Waals surface area contributed by atoms with Crippen LogP contribution in [0.2, 0.25) is 0 Å². The van der Waals surface area contributed by atoms with Gasteiger partial charge < -0.3 is 10.0 Å². The highest BCUT2D eigenvalue weighted by Gasteiger charge is 2.30. The Morgan fingerprint density at radius 3 is 2.41 bits per heavy atom. The quantitative estimate of drug-likeness (QED) is 0.776. The van der Waals surface area contributed by atoms with Gasteiger partial charge in [-0.25, -0.2) is 0 Å². The first-order chi connectivity index (χ1) is 8.16. The standard InChI is InChI=1S/C12H20N2O3/c15-11(14-5-2-1-3-6-14)9-13-7-4-10(8-13)12(16)17/h10H,1-9H2,(H,16,17)/t10-/m0/s1. The number of carboxylic acids is 1. The van der Waals surface area contributed by atoms with Crippen LogP contribution in [0.3, 0.4) is 0 Å². The van der Waals surface area contributed by atoms with Gasteiger partial charge in [0.2, 0.25) is 5.91 Å². The van der Waals surface area contributed by atoms with Crippen LogP contribution >= 0.6 is 0 Å². The first-order valence-corrected chi connectivity index (χ1v) is 6.40. The maximum atomic E-state index is 12.0. The normalized spacial score (nSPS) is 26.1. The maximum Gasteiger partial charge on any atom is 0.307 e. The molecule has 5 nitrogen and oxygen atoms in total. The molecule has 96 valence electrons. The zero-order valence-corrected chi connectivity index (χ0v) is 10.1. The third-order valence-corrected chi connectivity index (χ3v) is 3.69. The molecule has 1 amide bonds. The largest absolute Gasteiger partial charge is 0.481 e. The molecule has 0 aromatic carbocycles. The number of amides is 1. The lowest BCUT2D eigenvalue weighted by Crippen LogP contribution is -2.42. The molecule has 0 bridgehead atoms.